The van der Waals surface area contributed by atoms with E-state index in [0.717, 1.165) is 38.5 Å². The molecule has 0 saturated heterocycles. The van der Waals surface area contributed by atoms with Gasteiger partial charge in [-0.1, -0.05) is 32.1 Å². The summed E-state index contributed by atoms with van der Waals surface area (Å²) < 4.78 is 0. The Kier molecular flexibility index (Phi) is 4.24. The van der Waals surface area contributed by atoms with Crippen LogP contribution in [0.2, 0.25) is 0 Å². The lowest BCUT2D eigenvalue weighted by molar-refractivity contribution is -0.146. The van der Waals surface area contributed by atoms with E-state index >= 15 is 0 Å². The molecule has 2 unspecified atom stereocenters. The minimum absolute atomic E-state index is 0.00634. The Labute approximate surface area is 111 Å². The fourth-order valence-corrected chi connectivity index (χ4v) is 4.58. The molecule has 102 valence electrons. The summed E-state index contributed by atoms with van der Waals surface area (Å²) in [5.41, 5.74) is -0.301. The monoisotopic (exact) mass is 250 g/mol. The van der Waals surface area contributed by atoms with Crippen LogP contribution < -0.4 is 0 Å². The second kappa shape index (κ2) is 5.54. The van der Waals surface area contributed by atoms with Gasteiger partial charge in [-0.25, -0.2) is 0 Å². The maximum atomic E-state index is 12.4. The van der Waals surface area contributed by atoms with Gasteiger partial charge in [0.2, 0.25) is 0 Å². The highest BCUT2D eigenvalue weighted by Gasteiger charge is 2.51. The average Bonchev–Trinajstić information content (AvgIpc) is 2.39. The van der Waals surface area contributed by atoms with Crippen molar-refractivity contribution in [2.24, 2.45) is 17.3 Å². The fraction of sp³-hybridized carbons (Fsp3) is 0.875. The first kappa shape index (κ1) is 13.8. The van der Waals surface area contributed by atoms with Crippen molar-refractivity contribution in [1.29, 1.82) is 0 Å². The molecule has 0 radical (unpaired) electrons. The van der Waals surface area contributed by atoms with E-state index in [4.69, 9.17) is 0 Å². The molecule has 2 heteroatoms. The predicted octanol–water partition coefficient (Wildman–Crippen LogP) is 3.92. The molecule has 0 aromatic heterocycles. The molecule has 0 N–H and O–H groups in total. The molecule has 0 spiro atoms. The number of hydrogen-bond donors (Lipinski definition) is 0. The van der Waals surface area contributed by atoms with Crippen LogP contribution in [0.15, 0.2) is 0 Å². The molecule has 2 aliphatic rings. The number of carbonyl (C=O) groups is 2. The quantitative estimate of drug-likeness (QED) is 0.760. The van der Waals surface area contributed by atoms with E-state index < -0.39 is 0 Å². The predicted molar refractivity (Wildman–Crippen MR) is 72.3 cm³/mol. The van der Waals surface area contributed by atoms with E-state index in [9.17, 15) is 9.59 Å². The fourth-order valence-electron chi connectivity index (χ4n) is 4.58. The van der Waals surface area contributed by atoms with Gasteiger partial charge in [0.05, 0.1) is 0 Å². The van der Waals surface area contributed by atoms with Gasteiger partial charge >= 0.3 is 0 Å². The molecule has 2 saturated carbocycles. The van der Waals surface area contributed by atoms with Crippen LogP contribution in [0.5, 0.6) is 0 Å². The average molecular weight is 250 g/mol. The van der Waals surface area contributed by atoms with Gasteiger partial charge in [-0.2, -0.15) is 0 Å². The van der Waals surface area contributed by atoms with Crippen molar-refractivity contribution in [2.75, 3.05) is 0 Å². The number of rotatable bonds is 3. The zero-order valence-electron chi connectivity index (χ0n) is 11.8. The number of Topliss-reactive ketones (excluding diaryl/α,β-unsaturated/α-hetero) is 2. The van der Waals surface area contributed by atoms with Crippen LogP contribution >= 0.6 is 0 Å². The SMILES string of the molecule is CC(=O)C1CCCCC1(C(C)=O)C1CCCCC1. The second-order valence-corrected chi connectivity index (χ2v) is 6.34. The Morgan fingerprint density at radius 2 is 1.50 bits per heavy atom. The third-order valence-corrected chi connectivity index (χ3v) is 5.43. The highest BCUT2D eigenvalue weighted by molar-refractivity contribution is 5.91. The Morgan fingerprint density at radius 1 is 0.889 bits per heavy atom. The van der Waals surface area contributed by atoms with Crippen molar-refractivity contribution < 1.29 is 9.59 Å². The zero-order valence-corrected chi connectivity index (χ0v) is 11.8. The summed E-state index contributed by atoms with van der Waals surface area (Å²) in [7, 11) is 0. The zero-order chi connectivity index (χ0) is 13.2. The normalized spacial score (nSPS) is 34.2. The topological polar surface area (TPSA) is 34.1 Å². The Hall–Kier alpha value is -0.660. The van der Waals surface area contributed by atoms with Crippen LogP contribution in [0, 0.1) is 17.3 Å². The summed E-state index contributed by atoms with van der Waals surface area (Å²) >= 11 is 0. The van der Waals surface area contributed by atoms with Gasteiger partial charge in [-0.05, 0) is 45.4 Å². The van der Waals surface area contributed by atoms with Gasteiger partial charge in [0.15, 0.2) is 0 Å². The van der Waals surface area contributed by atoms with Crippen molar-refractivity contribution in [2.45, 2.75) is 71.6 Å². The molecule has 0 aromatic rings. The smallest absolute Gasteiger partial charge is 0.136 e. The molecule has 2 nitrogen and oxygen atoms in total. The lowest BCUT2D eigenvalue weighted by atomic mass is 9.54. The molecule has 0 heterocycles. The van der Waals surface area contributed by atoms with Crippen LogP contribution in [-0.4, -0.2) is 11.6 Å². The first-order chi connectivity index (χ1) is 8.59. The van der Waals surface area contributed by atoms with Crippen LogP contribution in [0.4, 0.5) is 0 Å². The second-order valence-electron chi connectivity index (χ2n) is 6.34. The third-order valence-electron chi connectivity index (χ3n) is 5.43. The molecule has 0 amide bonds. The van der Waals surface area contributed by atoms with Crippen molar-refractivity contribution in [3.8, 4) is 0 Å². The molecule has 2 rings (SSSR count). The molecule has 2 fully saturated rings. The first-order valence-corrected chi connectivity index (χ1v) is 7.60. The summed E-state index contributed by atoms with van der Waals surface area (Å²) in [6.07, 6.45) is 10.2. The standard InChI is InChI=1S/C16H26O2/c1-12(17)15-10-6-7-11-16(15,13(2)18)14-8-4-3-5-9-14/h14-15H,3-11H2,1-2H3. The third kappa shape index (κ3) is 2.26. The van der Waals surface area contributed by atoms with Crippen LogP contribution in [0.1, 0.15) is 71.6 Å². The highest BCUT2D eigenvalue weighted by atomic mass is 16.1. The van der Waals surface area contributed by atoms with Crippen molar-refractivity contribution in [3.63, 3.8) is 0 Å². The van der Waals surface area contributed by atoms with Gasteiger partial charge in [-0.15, -0.1) is 0 Å². The van der Waals surface area contributed by atoms with Gasteiger partial charge < -0.3 is 0 Å². The van der Waals surface area contributed by atoms with Gasteiger partial charge in [0, 0.05) is 11.3 Å². The van der Waals surface area contributed by atoms with Gasteiger partial charge in [0.25, 0.3) is 0 Å². The number of hydrogen-bond acceptors (Lipinski definition) is 2. The molecule has 2 atom stereocenters. The Bertz CT molecular complexity index is 328. The summed E-state index contributed by atoms with van der Waals surface area (Å²) in [6, 6.07) is 0. The highest BCUT2D eigenvalue weighted by Crippen LogP contribution is 2.52. The largest absolute Gasteiger partial charge is 0.300 e. The Balaban J connectivity index is 2.32. The van der Waals surface area contributed by atoms with Crippen LogP contribution in [0.3, 0.4) is 0 Å². The van der Waals surface area contributed by atoms with E-state index in [0.29, 0.717) is 5.92 Å². The molecular weight excluding hydrogens is 224 g/mol. The van der Waals surface area contributed by atoms with Crippen molar-refractivity contribution in [3.05, 3.63) is 0 Å². The summed E-state index contributed by atoms with van der Waals surface area (Å²) in [4.78, 5) is 24.4. The summed E-state index contributed by atoms with van der Waals surface area (Å²) in [5, 5.41) is 0. The van der Waals surface area contributed by atoms with Gasteiger partial charge in [0.1, 0.15) is 11.6 Å². The molecule has 2 aliphatic carbocycles. The van der Waals surface area contributed by atoms with E-state index in [1.165, 1.54) is 19.3 Å². The van der Waals surface area contributed by atoms with Crippen LogP contribution in [-0.2, 0) is 9.59 Å². The number of ketones is 2. The van der Waals surface area contributed by atoms with E-state index in [2.05, 4.69) is 0 Å². The van der Waals surface area contributed by atoms with E-state index in [1.807, 2.05) is 0 Å². The van der Waals surface area contributed by atoms with E-state index in [1.54, 1.807) is 13.8 Å². The molecule has 18 heavy (non-hydrogen) atoms. The van der Waals surface area contributed by atoms with Crippen LogP contribution in [0.25, 0.3) is 0 Å². The molecule has 0 aromatic carbocycles. The minimum Gasteiger partial charge on any atom is -0.300 e. The Morgan fingerprint density at radius 3 is 2.06 bits per heavy atom. The van der Waals surface area contributed by atoms with Crippen molar-refractivity contribution >= 4 is 11.6 Å². The summed E-state index contributed by atoms with van der Waals surface area (Å²) in [5.74, 6) is 1.01. The van der Waals surface area contributed by atoms with E-state index in [-0.39, 0.29) is 22.9 Å². The first-order valence-electron chi connectivity index (χ1n) is 7.60. The van der Waals surface area contributed by atoms with Gasteiger partial charge in [-0.3, -0.25) is 9.59 Å². The minimum atomic E-state index is -0.301. The number of carbonyl (C=O) groups excluding carboxylic acids is 2. The molecule has 0 bridgehead atoms. The maximum absolute atomic E-state index is 12.4. The molecule has 0 aliphatic heterocycles. The lowest BCUT2D eigenvalue weighted by Crippen LogP contribution is -2.49. The van der Waals surface area contributed by atoms with Crippen molar-refractivity contribution in [1.82, 2.24) is 0 Å². The summed E-state index contributed by atoms with van der Waals surface area (Å²) in [6.45, 7) is 3.42. The lowest BCUT2D eigenvalue weighted by Gasteiger charge is -2.48. The molecular formula is C16H26O2. The maximum Gasteiger partial charge on any atom is 0.136 e.